The Balaban J connectivity index is 1.59. The molecule has 1 aliphatic heterocycles. The first-order chi connectivity index (χ1) is 11.7. The lowest BCUT2D eigenvalue weighted by Gasteiger charge is -2.32. The fourth-order valence-corrected chi connectivity index (χ4v) is 3.31. The van der Waals surface area contributed by atoms with Crippen LogP contribution in [0.1, 0.15) is 44.3 Å². The second kappa shape index (κ2) is 7.98. The predicted octanol–water partition coefficient (Wildman–Crippen LogP) is 1.85. The van der Waals surface area contributed by atoms with Gasteiger partial charge in [0.05, 0.1) is 24.9 Å². The van der Waals surface area contributed by atoms with Gasteiger partial charge >= 0.3 is 6.03 Å². The van der Waals surface area contributed by atoms with Crippen LogP contribution in [0.25, 0.3) is 0 Å². The molecule has 1 aliphatic carbocycles. The molecule has 3 rings (SSSR count). The molecule has 0 spiro atoms. The maximum atomic E-state index is 12.4. The Morgan fingerprint density at radius 1 is 1.50 bits per heavy atom. The summed E-state index contributed by atoms with van der Waals surface area (Å²) in [5.74, 6) is 0.553. The molecular formula is C17H28N4O3. The maximum absolute atomic E-state index is 12.4. The minimum absolute atomic E-state index is 0.0318. The van der Waals surface area contributed by atoms with Crippen molar-refractivity contribution in [2.24, 2.45) is 5.92 Å². The van der Waals surface area contributed by atoms with Crippen LogP contribution in [0.4, 0.5) is 4.79 Å². The van der Waals surface area contributed by atoms with Gasteiger partial charge < -0.3 is 20.1 Å². The normalized spacial score (nSPS) is 25.2. The highest BCUT2D eigenvalue weighted by atomic mass is 16.5. The fraction of sp³-hybridized carbons (Fsp3) is 0.765. The van der Waals surface area contributed by atoms with Crippen LogP contribution in [0, 0.1) is 5.92 Å². The Kier molecular flexibility index (Phi) is 5.73. The molecule has 2 amide bonds. The van der Waals surface area contributed by atoms with Crippen molar-refractivity contribution in [1.29, 1.82) is 0 Å². The number of hydrogen-bond acceptors (Lipinski definition) is 4. The van der Waals surface area contributed by atoms with E-state index in [1.807, 2.05) is 17.1 Å². The summed E-state index contributed by atoms with van der Waals surface area (Å²) in [7, 11) is 1.67. The number of carbonyl (C=O) groups excluding carboxylic acids is 1. The van der Waals surface area contributed by atoms with Crippen LogP contribution >= 0.6 is 0 Å². The number of nitrogens with one attached hydrogen (secondary N) is 2. The third-order valence-corrected chi connectivity index (χ3v) is 4.80. The molecule has 2 heterocycles. The van der Waals surface area contributed by atoms with E-state index >= 15 is 0 Å². The van der Waals surface area contributed by atoms with E-state index in [4.69, 9.17) is 9.47 Å². The Labute approximate surface area is 143 Å². The number of nitrogens with zero attached hydrogens (tertiary/aromatic N) is 2. The average Bonchev–Trinajstić information content (AvgIpc) is 3.32. The summed E-state index contributed by atoms with van der Waals surface area (Å²) in [5.41, 5.74) is 1.03. The van der Waals surface area contributed by atoms with Gasteiger partial charge in [-0.25, -0.2) is 4.79 Å². The number of methoxy groups -OCH3 is 1. The molecule has 2 aliphatic rings. The van der Waals surface area contributed by atoms with Gasteiger partial charge in [-0.05, 0) is 38.5 Å². The van der Waals surface area contributed by atoms with E-state index in [1.54, 1.807) is 7.11 Å². The predicted molar refractivity (Wildman–Crippen MR) is 89.7 cm³/mol. The largest absolute Gasteiger partial charge is 0.383 e. The highest BCUT2D eigenvalue weighted by molar-refractivity contribution is 5.74. The van der Waals surface area contributed by atoms with Gasteiger partial charge in [0.15, 0.2) is 0 Å². The van der Waals surface area contributed by atoms with Gasteiger partial charge in [-0.2, -0.15) is 5.10 Å². The summed E-state index contributed by atoms with van der Waals surface area (Å²) >= 11 is 0. The van der Waals surface area contributed by atoms with Crippen molar-refractivity contribution in [3.8, 4) is 0 Å². The summed E-state index contributed by atoms with van der Waals surface area (Å²) in [6.07, 6.45) is 7.90. The second-order valence-electron chi connectivity index (χ2n) is 6.69. The summed E-state index contributed by atoms with van der Waals surface area (Å²) in [5, 5.41) is 10.5. The molecule has 1 aromatic rings. The molecule has 2 fully saturated rings. The summed E-state index contributed by atoms with van der Waals surface area (Å²) in [4.78, 5) is 12.4. The molecule has 0 radical (unpaired) electrons. The summed E-state index contributed by atoms with van der Waals surface area (Å²) in [6, 6.07) is -0.0659. The molecule has 2 N–H and O–H groups in total. The molecule has 1 unspecified atom stereocenters. The molecule has 134 valence electrons. The van der Waals surface area contributed by atoms with Gasteiger partial charge in [-0.15, -0.1) is 0 Å². The molecule has 1 saturated heterocycles. The molecule has 0 bridgehead atoms. The van der Waals surface area contributed by atoms with Gasteiger partial charge in [0, 0.05) is 32.0 Å². The zero-order valence-electron chi connectivity index (χ0n) is 14.5. The van der Waals surface area contributed by atoms with E-state index < -0.39 is 0 Å². The highest BCUT2D eigenvalue weighted by Gasteiger charge is 2.34. The van der Waals surface area contributed by atoms with E-state index in [2.05, 4.69) is 22.7 Å². The lowest BCUT2D eigenvalue weighted by molar-refractivity contribution is -0.00767. The molecule has 1 aromatic heterocycles. The number of rotatable bonds is 7. The number of ether oxygens (including phenoxy) is 2. The number of amides is 2. The van der Waals surface area contributed by atoms with Gasteiger partial charge in [0.25, 0.3) is 0 Å². The van der Waals surface area contributed by atoms with Crippen LogP contribution in [0.3, 0.4) is 0 Å². The van der Waals surface area contributed by atoms with Crippen molar-refractivity contribution in [3.63, 3.8) is 0 Å². The van der Waals surface area contributed by atoms with Crippen molar-refractivity contribution < 1.29 is 14.3 Å². The monoisotopic (exact) mass is 336 g/mol. The Morgan fingerprint density at radius 3 is 3.00 bits per heavy atom. The van der Waals surface area contributed by atoms with Crippen LogP contribution in [-0.2, 0) is 16.0 Å². The minimum Gasteiger partial charge on any atom is -0.383 e. The van der Waals surface area contributed by atoms with Crippen molar-refractivity contribution in [3.05, 3.63) is 18.0 Å². The number of aromatic nitrogens is 2. The van der Waals surface area contributed by atoms with Gasteiger partial charge in [-0.1, -0.05) is 0 Å². The average molecular weight is 336 g/mol. The van der Waals surface area contributed by atoms with Gasteiger partial charge in [-0.3, -0.25) is 4.68 Å². The Morgan fingerprint density at radius 2 is 2.33 bits per heavy atom. The zero-order valence-corrected chi connectivity index (χ0v) is 14.5. The van der Waals surface area contributed by atoms with E-state index in [1.165, 1.54) is 12.8 Å². The van der Waals surface area contributed by atoms with Crippen molar-refractivity contribution in [2.75, 3.05) is 20.3 Å². The topological polar surface area (TPSA) is 77.4 Å². The van der Waals surface area contributed by atoms with Gasteiger partial charge in [0.1, 0.15) is 6.10 Å². The van der Waals surface area contributed by atoms with E-state index in [9.17, 15) is 4.79 Å². The molecular weight excluding hydrogens is 308 g/mol. The summed E-state index contributed by atoms with van der Waals surface area (Å²) in [6.45, 7) is 4.16. The Hall–Kier alpha value is -1.60. The molecule has 3 atom stereocenters. The van der Waals surface area contributed by atoms with Crippen LogP contribution in [0.15, 0.2) is 12.4 Å². The summed E-state index contributed by atoms with van der Waals surface area (Å²) < 4.78 is 13.0. The van der Waals surface area contributed by atoms with Crippen LogP contribution in [-0.4, -0.2) is 48.2 Å². The molecule has 24 heavy (non-hydrogen) atoms. The molecule has 0 aromatic carbocycles. The lowest BCUT2D eigenvalue weighted by atomic mass is 9.98. The standard InChI is InChI=1S/C17H28N4O3/c1-3-21-10-13(9-18-21)16-14(5-4-8-24-16)19-17(22)20-15(11-23-2)12-6-7-12/h9-10,12,14-16H,3-8,11H2,1-2H3,(H2,19,20,22)/t14-,15?,16+/m0/s1. The number of urea groups is 1. The molecule has 7 heteroatoms. The second-order valence-corrected chi connectivity index (χ2v) is 6.69. The Bertz CT molecular complexity index is 544. The SMILES string of the molecule is CCn1cc([C@H]2OCCC[C@@H]2NC(=O)NC(COC)C2CC2)cn1. The molecule has 7 nitrogen and oxygen atoms in total. The zero-order chi connectivity index (χ0) is 16.9. The quantitative estimate of drug-likeness (QED) is 0.796. The highest BCUT2D eigenvalue weighted by Crippen LogP contribution is 2.33. The maximum Gasteiger partial charge on any atom is 0.315 e. The van der Waals surface area contributed by atoms with Crippen molar-refractivity contribution in [2.45, 2.75) is 57.3 Å². The van der Waals surface area contributed by atoms with Crippen LogP contribution in [0.5, 0.6) is 0 Å². The van der Waals surface area contributed by atoms with Gasteiger partial charge in [0.2, 0.25) is 0 Å². The number of aryl methyl sites for hydroxylation is 1. The third kappa shape index (κ3) is 4.27. The smallest absolute Gasteiger partial charge is 0.315 e. The van der Waals surface area contributed by atoms with Crippen molar-refractivity contribution in [1.82, 2.24) is 20.4 Å². The third-order valence-electron chi connectivity index (χ3n) is 4.80. The van der Waals surface area contributed by atoms with E-state index in [-0.39, 0.29) is 24.2 Å². The van der Waals surface area contributed by atoms with E-state index in [0.717, 1.165) is 31.6 Å². The fourth-order valence-electron chi connectivity index (χ4n) is 3.31. The lowest BCUT2D eigenvalue weighted by Crippen LogP contribution is -2.51. The molecule has 1 saturated carbocycles. The number of hydrogen-bond donors (Lipinski definition) is 2. The van der Waals surface area contributed by atoms with Crippen LogP contribution in [0.2, 0.25) is 0 Å². The first kappa shape index (κ1) is 17.2. The first-order valence-electron chi connectivity index (χ1n) is 8.91. The van der Waals surface area contributed by atoms with E-state index in [0.29, 0.717) is 12.5 Å². The van der Waals surface area contributed by atoms with Crippen LogP contribution < -0.4 is 10.6 Å². The number of carbonyl (C=O) groups is 1. The first-order valence-corrected chi connectivity index (χ1v) is 8.91. The van der Waals surface area contributed by atoms with Crippen molar-refractivity contribution >= 4 is 6.03 Å². The minimum atomic E-state index is -0.133.